The number of fused-ring (bicyclic) bond motifs is 1. The Kier molecular flexibility index (Phi) is 7.28. The summed E-state index contributed by atoms with van der Waals surface area (Å²) in [4.78, 5) is 17.6. The monoisotopic (exact) mass is 464 g/mol. The van der Waals surface area contributed by atoms with Gasteiger partial charge in [0.25, 0.3) is 0 Å². The fraction of sp³-hybridized carbons (Fsp3) is 0.323. The molecule has 1 amide bonds. The summed E-state index contributed by atoms with van der Waals surface area (Å²) < 4.78 is 0. The number of carbonyl (C=O) groups excluding carboxylic acids is 1. The predicted octanol–water partition coefficient (Wildman–Crippen LogP) is 4.08. The molecule has 0 aliphatic carbocycles. The number of hydrogen-bond donors (Lipinski definition) is 1. The van der Waals surface area contributed by atoms with Gasteiger partial charge in [-0.3, -0.25) is 9.69 Å². The second kappa shape index (κ2) is 10.9. The summed E-state index contributed by atoms with van der Waals surface area (Å²) in [6, 6.07) is 28.8. The molecule has 0 saturated carbocycles. The highest BCUT2D eigenvalue weighted by molar-refractivity contribution is 5.78. The minimum atomic E-state index is 0.102. The number of aliphatic hydroxyl groups is 1. The summed E-state index contributed by atoms with van der Waals surface area (Å²) in [7, 11) is 0. The first kappa shape index (κ1) is 23.4. The van der Waals surface area contributed by atoms with Crippen molar-refractivity contribution < 1.29 is 9.90 Å². The molecule has 2 aliphatic heterocycles. The van der Waals surface area contributed by atoms with Gasteiger partial charge in [0.15, 0.2) is 0 Å². The zero-order valence-corrected chi connectivity index (χ0v) is 20.0. The third-order valence-electron chi connectivity index (χ3n) is 7.34. The predicted molar refractivity (Wildman–Crippen MR) is 139 cm³/mol. The first-order valence-corrected chi connectivity index (χ1v) is 12.6. The Morgan fingerprint density at radius 2 is 1.46 bits per heavy atom. The third kappa shape index (κ3) is 5.32. The summed E-state index contributed by atoms with van der Waals surface area (Å²) in [5.41, 5.74) is 4.25. The van der Waals surface area contributed by atoms with E-state index in [0.717, 1.165) is 42.6 Å². The van der Waals surface area contributed by atoms with Crippen LogP contribution in [0.4, 0.5) is 0 Å². The summed E-state index contributed by atoms with van der Waals surface area (Å²) in [5.74, 6) is 6.86. The maximum absolute atomic E-state index is 13.2. The number of aliphatic hydroxyl groups excluding tert-OH is 1. The van der Waals surface area contributed by atoms with Crippen LogP contribution in [-0.4, -0.2) is 59.1 Å². The molecule has 3 aromatic rings. The van der Waals surface area contributed by atoms with E-state index in [2.05, 4.69) is 41.0 Å². The topological polar surface area (TPSA) is 43.8 Å². The standard InChI is InChI=1S/C31H32N2O2/c34-23-29-31(27-17-15-25(16-18-27)14-13-24-9-3-1-4-10-24)28-22-32(19-7-8-20-33(28)29)30(35)21-26-11-5-2-6-12-26/h1-6,9-12,15-18,28-29,31,34H,7-8,19-23H2/t28-,29-,31+/m1/s1. The Labute approximate surface area is 208 Å². The number of nitrogens with zero attached hydrogens (tertiary/aromatic N) is 2. The molecule has 3 aromatic carbocycles. The van der Waals surface area contributed by atoms with Crippen molar-refractivity contribution >= 4 is 5.91 Å². The van der Waals surface area contributed by atoms with Crippen LogP contribution in [0.2, 0.25) is 0 Å². The normalized spacial score (nSPS) is 22.1. The Hall–Kier alpha value is -3.39. The van der Waals surface area contributed by atoms with Crippen molar-refractivity contribution in [1.29, 1.82) is 0 Å². The molecule has 4 nitrogen and oxygen atoms in total. The molecule has 35 heavy (non-hydrogen) atoms. The Bertz CT molecular complexity index is 1180. The van der Waals surface area contributed by atoms with Crippen LogP contribution in [0.3, 0.4) is 0 Å². The molecule has 4 heteroatoms. The van der Waals surface area contributed by atoms with Gasteiger partial charge in [-0.25, -0.2) is 0 Å². The van der Waals surface area contributed by atoms with E-state index in [9.17, 15) is 9.90 Å². The van der Waals surface area contributed by atoms with Crippen molar-refractivity contribution in [2.24, 2.45) is 0 Å². The number of hydrogen-bond acceptors (Lipinski definition) is 3. The molecule has 2 aliphatic rings. The van der Waals surface area contributed by atoms with Crippen LogP contribution in [0, 0.1) is 11.8 Å². The van der Waals surface area contributed by atoms with Crippen molar-refractivity contribution in [3.05, 3.63) is 107 Å². The molecule has 0 bridgehead atoms. The van der Waals surface area contributed by atoms with Gasteiger partial charge in [0.05, 0.1) is 13.0 Å². The van der Waals surface area contributed by atoms with Crippen LogP contribution < -0.4 is 0 Å². The molecule has 0 aromatic heterocycles. The van der Waals surface area contributed by atoms with Crippen molar-refractivity contribution in [3.63, 3.8) is 0 Å². The molecular formula is C31H32N2O2. The molecule has 2 fully saturated rings. The maximum atomic E-state index is 13.2. The molecule has 2 saturated heterocycles. The Morgan fingerprint density at radius 1 is 0.829 bits per heavy atom. The van der Waals surface area contributed by atoms with Crippen LogP contribution in [0.25, 0.3) is 0 Å². The molecule has 178 valence electrons. The van der Waals surface area contributed by atoms with Crippen molar-refractivity contribution in [3.8, 4) is 11.8 Å². The zero-order valence-electron chi connectivity index (χ0n) is 20.0. The largest absolute Gasteiger partial charge is 0.395 e. The quantitative estimate of drug-likeness (QED) is 0.592. The van der Waals surface area contributed by atoms with E-state index in [1.807, 2.05) is 65.6 Å². The first-order chi connectivity index (χ1) is 17.2. The fourth-order valence-electron chi connectivity index (χ4n) is 5.50. The molecule has 0 spiro atoms. The van der Waals surface area contributed by atoms with Gasteiger partial charge >= 0.3 is 0 Å². The van der Waals surface area contributed by atoms with Crippen molar-refractivity contribution in [2.75, 3.05) is 26.2 Å². The highest BCUT2D eigenvalue weighted by Crippen LogP contribution is 2.42. The van der Waals surface area contributed by atoms with E-state index in [1.54, 1.807) is 0 Å². The van der Waals surface area contributed by atoms with E-state index in [1.165, 1.54) is 5.56 Å². The van der Waals surface area contributed by atoms with E-state index in [0.29, 0.717) is 13.0 Å². The molecule has 0 radical (unpaired) electrons. The molecule has 2 heterocycles. The number of benzene rings is 3. The minimum absolute atomic E-state index is 0.102. The summed E-state index contributed by atoms with van der Waals surface area (Å²) in [5, 5.41) is 10.2. The summed E-state index contributed by atoms with van der Waals surface area (Å²) in [6.07, 6.45) is 2.49. The van der Waals surface area contributed by atoms with E-state index < -0.39 is 0 Å². The van der Waals surface area contributed by atoms with Gasteiger partial charge in [-0.05, 0) is 54.8 Å². The smallest absolute Gasteiger partial charge is 0.227 e. The van der Waals surface area contributed by atoms with Gasteiger partial charge in [-0.1, -0.05) is 72.5 Å². The molecule has 3 atom stereocenters. The Balaban J connectivity index is 1.32. The minimum Gasteiger partial charge on any atom is -0.395 e. The average molecular weight is 465 g/mol. The summed E-state index contributed by atoms with van der Waals surface area (Å²) >= 11 is 0. The molecular weight excluding hydrogens is 432 g/mol. The average Bonchev–Trinajstić information content (AvgIpc) is 2.88. The van der Waals surface area contributed by atoms with Gasteiger partial charge in [-0.15, -0.1) is 0 Å². The zero-order chi connectivity index (χ0) is 24.0. The van der Waals surface area contributed by atoms with Gasteiger partial charge in [0.1, 0.15) is 0 Å². The highest BCUT2D eigenvalue weighted by atomic mass is 16.3. The fourth-order valence-corrected chi connectivity index (χ4v) is 5.50. The lowest BCUT2D eigenvalue weighted by Crippen LogP contribution is -2.68. The lowest BCUT2D eigenvalue weighted by Gasteiger charge is -2.57. The SMILES string of the molecule is O=C(Cc1ccccc1)N1CCCCN2[C@H](CO)[C@@H](c3ccc(C#Cc4ccccc4)cc3)[C@H]2C1. The van der Waals surface area contributed by atoms with Gasteiger partial charge in [0.2, 0.25) is 5.91 Å². The van der Waals surface area contributed by atoms with Crippen LogP contribution in [0.1, 0.15) is 41.0 Å². The van der Waals surface area contributed by atoms with Crippen LogP contribution in [0.15, 0.2) is 84.9 Å². The number of rotatable bonds is 4. The first-order valence-electron chi connectivity index (χ1n) is 12.6. The van der Waals surface area contributed by atoms with Crippen LogP contribution in [-0.2, 0) is 11.2 Å². The number of carbonyl (C=O) groups is 1. The second-order valence-corrected chi connectivity index (χ2v) is 9.53. The Morgan fingerprint density at radius 3 is 2.14 bits per heavy atom. The van der Waals surface area contributed by atoms with E-state index >= 15 is 0 Å². The van der Waals surface area contributed by atoms with Gasteiger partial charge in [-0.2, -0.15) is 0 Å². The van der Waals surface area contributed by atoms with E-state index in [-0.39, 0.29) is 30.5 Å². The maximum Gasteiger partial charge on any atom is 0.227 e. The number of amides is 1. The lowest BCUT2D eigenvalue weighted by atomic mass is 9.74. The van der Waals surface area contributed by atoms with Crippen molar-refractivity contribution in [2.45, 2.75) is 37.3 Å². The van der Waals surface area contributed by atoms with Crippen LogP contribution in [0.5, 0.6) is 0 Å². The van der Waals surface area contributed by atoms with Crippen LogP contribution >= 0.6 is 0 Å². The van der Waals surface area contributed by atoms with Crippen molar-refractivity contribution in [1.82, 2.24) is 9.80 Å². The molecule has 1 N–H and O–H groups in total. The van der Waals surface area contributed by atoms with Gasteiger partial charge in [0, 0.05) is 42.2 Å². The highest BCUT2D eigenvalue weighted by Gasteiger charge is 2.49. The van der Waals surface area contributed by atoms with Gasteiger partial charge < -0.3 is 10.0 Å². The second-order valence-electron chi connectivity index (χ2n) is 9.53. The summed E-state index contributed by atoms with van der Waals surface area (Å²) in [6.45, 7) is 2.63. The third-order valence-corrected chi connectivity index (χ3v) is 7.34. The lowest BCUT2D eigenvalue weighted by molar-refractivity contribution is -0.135. The molecule has 5 rings (SSSR count). The van der Waals surface area contributed by atoms with E-state index in [4.69, 9.17) is 0 Å². The molecule has 0 unspecified atom stereocenters.